The third-order valence-electron chi connectivity index (χ3n) is 3.77. The number of nitrogens with zero attached hydrogens (tertiary/aromatic N) is 5. The molecule has 0 radical (unpaired) electrons. The summed E-state index contributed by atoms with van der Waals surface area (Å²) >= 11 is 0. The second-order valence-electron chi connectivity index (χ2n) is 5.66. The van der Waals surface area contributed by atoms with Crippen molar-refractivity contribution in [2.24, 2.45) is 4.99 Å². The number of hydrogen-bond donors (Lipinski definition) is 1. The number of halogens is 1. The van der Waals surface area contributed by atoms with E-state index < -0.39 is 0 Å². The van der Waals surface area contributed by atoms with E-state index in [1.807, 2.05) is 37.2 Å². The minimum absolute atomic E-state index is 0. The van der Waals surface area contributed by atoms with Crippen LogP contribution in [0.3, 0.4) is 0 Å². The zero-order valence-electron chi connectivity index (χ0n) is 13.6. The van der Waals surface area contributed by atoms with E-state index in [1.54, 1.807) is 0 Å². The van der Waals surface area contributed by atoms with Gasteiger partial charge in [-0.3, -0.25) is 0 Å². The van der Waals surface area contributed by atoms with Gasteiger partial charge in [-0.05, 0) is 12.0 Å². The molecule has 1 aliphatic rings. The van der Waals surface area contributed by atoms with Gasteiger partial charge >= 0.3 is 0 Å². The lowest BCUT2D eigenvalue weighted by Gasteiger charge is -2.17. The summed E-state index contributed by atoms with van der Waals surface area (Å²) in [6, 6.07) is 10.3. The van der Waals surface area contributed by atoms with Gasteiger partial charge in [0, 0.05) is 27.1 Å². The van der Waals surface area contributed by atoms with Crippen molar-refractivity contribution in [3.05, 3.63) is 47.5 Å². The fourth-order valence-corrected chi connectivity index (χ4v) is 2.60. The van der Waals surface area contributed by atoms with Crippen molar-refractivity contribution >= 4 is 29.9 Å². The highest BCUT2D eigenvalue weighted by Crippen LogP contribution is 2.13. The number of benzene rings is 1. The largest absolute Gasteiger partial charge is 0.349 e. The maximum atomic E-state index is 4.66. The van der Waals surface area contributed by atoms with Gasteiger partial charge in [-0.2, -0.15) is 0 Å². The Morgan fingerprint density at radius 3 is 2.78 bits per heavy atom. The van der Waals surface area contributed by atoms with Crippen molar-refractivity contribution < 1.29 is 0 Å². The van der Waals surface area contributed by atoms with Gasteiger partial charge in [0.25, 0.3) is 0 Å². The zero-order valence-corrected chi connectivity index (χ0v) is 15.9. The van der Waals surface area contributed by atoms with Gasteiger partial charge in [-0.15, -0.1) is 34.2 Å². The molecule has 124 valence electrons. The average molecular weight is 426 g/mol. The molecule has 1 N–H and O–H groups in total. The molecule has 0 unspecified atom stereocenters. The Hall–Kier alpha value is -1.64. The number of aromatic nitrogens is 3. The molecule has 7 heteroatoms. The van der Waals surface area contributed by atoms with Crippen LogP contribution in [0.1, 0.15) is 23.6 Å². The van der Waals surface area contributed by atoms with E-state index >= 15 is 0 Å². The summed E-state index contributed by atoms with van der Waals surface area (Å²) in [6.07, 6.45) is 2.20. The van der Waals surface area contributed by atoms with E-state index in [4.69, 9.17) is 0 Å². The van der Waals surface area contributed by atoms with E-state index in [9.17, 15) is 0 Å². The predicted octanol–water partition coefficient (Wildman–Crippen LogP) is 2.05. The second kappa shape index (κ2) is 8.28. The van der Waals surface area contributed by atoms with Crippen LogP contribution in [0, 0.1) is 0 Å². The number of guanidine groups is 1. The number of rotatable bonds is 4. The monoisotopic (exact) mass is 426 g/mol. The summed E-state index contributed by atoms with van der Waals surface area (Å²) in [5.41, 5.74) is 1.20. The molecule has 1 aromatic heterocycles. The Morgan fingerprint density at radius 1 is 1.26 bits per heavy atom. The van der Waals surface area contributed by atoms with Gasteiger partial charge < -0.3 is 14.8 Å². The van der Waals surface area contributed by atoms with E-state index in [0.717, 1.165) is 30.6 Å². The second-order valence-corrected chi connectivity index (χ2v) is 5.66. The smallest absolute Gasteiger partial charge is 0.194 e. The summed E-state index contributed by atoms with van der Waals surface area (Å²) < 4.78 is 2.21. The zero-order chi connectivity index (χ0) is 15.4. The number of aliphatic imine (C=N–C) groups is 1. The Labute approximate surface area is 154 Å². The molecule has 2 heterocycles. The SMILES string of the molecule is CN(C)C(=NCc1ccccc1)NCc1nnc2n1CCC2.I. The number of fused-ring (bicyclic) bond motifs is 1. The molecule has 0 saturated carbocycles. The third kappa shape index (κ3) is 4.43. The lowest BCUT2D eigenvalue weighted by atomic mass is 10.2. The molecule has 3 rings (SSSR count). The van der Waals surface area contributed by atoms with Gasteiger partial charge in [-0.1, -0.05) is 30.3 Å². The maximum absolute atomic E-state index is 4.66. The summed E-state index contributed by atoms with van der Waals surface area (Å²) in [5, 5.41) is 11.9. The lowest BCUT2D eigenvalue weighted by molar-refractivity contribution is 0.568. The molecule has 0 fully saturated rings. The van der Waals surface area contributed by atoms with Crippen molar-refractivity contribution in [1.29, 1.82) is 0 Å². The summed E-state index contributed by atoms with van der Waals surface area (Å²) in [7, 11) is 3.98. The first-order valence-electron chi connectivity index (χ1n) is 7.64. The number of nitrogens with one attached hydrogen (secondary N) is 1. The molecular weight excluding hydrogens is 403 g/mol. The fourth-order valence-electron chi connectivity index (χ4n) is 2.60. The fraction of sp³-hybridized carbons (Fsp3) is 0.438. The maximum Gasteiger partial charge on any atom is 0.194 e. The predicted molar refractivity (Wildman–Crippen MR) is 102 cm³/mol. The molecule has 0 amide bonds. The van der Waals surface area contributed by atoms with Gasteiger partial charge in [0.1, 0.15) is 5.82 Å². The van der Waals surface area contributed by atoms with Crippen LogP contribution < -0.4 is 5.32 Å². The van der Waals surface area contributed by atoms with E-state index in [0.29, 0.717) is 13.1 Å². The van der Waals surface area contributed by atoms with E-state index in [1.165, 1.54) is 12.0 Å². The summed E-state index contributed by atoms with van der Waals surface area (Å²) in [4.78, 5) is 6.65. The highest BCUT2D eigenvalue weighted by Gasteiger charge is 2.17. The Balaban J connectivity index is 0.00000192. The number of aryl methyl sites for hydroxylation is 1. The van der Waals surface area contributed by atoms with Crippen molar-refractivity contribution in [3.8, 4) is 0 Å². The molecule has 23 heavy (non-hydrogen) atoms. The highest BCUT2D eigenvalue weighted by molar-refractivity contribution is 14.0. The van der Waals surface area contributed by atoms with Crippen LogP contribution in [-0.2, 0) is 26.1 Å². The van der Waals surface area contributed by atoms with Crippen LogP contribution in [-0.4, -0.2) is 39.7 Å². The number of hydrogen-bond acceptors (Lipinski definition) is 3. The first-order valence-corrected chi connectivity index (χ1v) is 7.64. The average Bonchev–Trinajstić information content (AvgIpc) is 3.12. The first kappa shape index (κ1) is 17.7. The topological polar surface area (TPSA) is 58.3 Å². The van der Waals surface area contributed by atoms with Crippen molar-refractivity contribution in [3.63, 3.8) is 0 Å². The molecule has 0 spiro atoms. The van der Waals surface area contributed by atoms with Crippen LogP contribution in [0.25, 0.3) is 0 Å². The Kier molecular flexibility index (Phi) is 6.37. The molecule has 0 aliphatic carbocycles. The van der Waals surface area contributed by atoms with E-state index in [-0.39, 0.29) is 24.0 Å². The molecular formula is C16H23IN6. The molecule has 1 aliphatic heterocycles. The Bertz CT molecular complexity index is 650. The lowest BCUT2D eigenvalue weighted by Crippen LogP contribution is -2.36. The van der Waals surface area contributed by atoms with Crippen molar-refractivity contribution in [1.82, 2.24) is 25.0 Å². The summed E-state index contributed by atoms with van der Waals surface area (Å²) in [5.74, 6) is 2.95. The molecule has 0 saturated heterocycles. The minimum atomic E-state index is 0. The normalized spacial score (nSPS) is 13.4. The van der Waals surface area contributed by atoms with Crippen LogP contribution in [0.5, 0.6) is 0 Å². The first-order chi connectivity index (χ1) is 10.7. The molecule has 0 atom stereocenters. The summed E-state index contributed by atoms with van der Waals surface area (Å²) in [6.45, 7) is 2.34. The minimum Gasteiger partial charge on any atom is -0.349 e. The van der Waals surface area contributed by atoms with Gasteiger partial charge in [-0.25, -0.2) is 4.99 Å². The molecule has 2 aromatic rings. The Morgan fingerprint density at radius 2 is 2.04 bits per heavy atom. The molecule has 6 nitrogen and oxygen atoms in total. The highest BCUT2D eigenvalue weighted by atomic mass is 127. The van der Waals surface area contributed by atoms with Gasteiger partial charge in [0.05, 0.1) is 13.1 Å². The third-order valence-corrected chi connectivity index (χ3v) is 3.77. The van der Waals surface area contributed by atoms with Crippen LogP contribution in [0.15, 0.2) is 35.3 Å². The van der Waals surface area contributed by atoms with Gasteiger partial charge in [0.15, 0.2) is 11.8 Å². The quantitative estimate of drug-likeness (QED) is 0.462. The van der Waals surface area contributed by atoms with Crippen molar-refractivity contribution in [2.45, 2.75) is 32.5 Å². The van der Waals surface area contributed by atoms with Crippen LogP contribution >= 0.6 is 24.0 Å². The van der Waals surface area contributed by atoms with Gasteiger partial charge in [0.2, 0.25) is 0 Å². The molecule has 0 bridgehead atoms. The van der Waals surface area contributed by atoms with Crippen LogP contribution in [0.2, 0.25) is 0 Å². The standard InChI is InChI=1S/C16H22N6.HI/c1-21(2)16(17-11-13-7-4-3-5-8-13)18-12-15-20-19-14-9-6-10-22(14)15;/h3-5,7-8H,6,9-12H2,1-2H3,(H,17,18);1H. The molecule has 1 aromatic carbocycles. The van der Waals surface area contributed by atoms with Crippen LogP contribution in [0.4, 0.5) is 0 Å². The van der Waals surface area contributed by atoms with Crippen molar-refractivity contribution in [2.75, 3.05) is 14.1 Å². The van der Waals surface area contributed by atoms with E-state index in [2.05, 4.69) is 37.2 Å².